The van der Waals surface area contributed by atoms with Gasteiger partial charge in [-0.15, -0.1) is 0 Å². The average Bonchev–Trinajstić information content (AvgIpc) is 3.31. The summed E-state index contributed by atoms with van der Waals surface area (Å²) in [7, 11) is -3.72. The lowest BCUT2D eigenvalue weighted by Gasteiger charge is -2.10. The van der Waals surface area contributed by atoms with E-state index in [0.29, 0.717) is 5.69 Å². The van der Waals surface area contributed by atoms with Gasteiger partial charge in [-0.1, -0.05) is 29.8 Å². The van der Waals surface area contributed by atoms with Crippen molar-refractivity contribution in [1.29, 1.82) is 0 Å². The molecule has 0 heterocycles. The lowest BCUT2D eigenvalue weighted by atomic mass is 10.2. The second-order valence-corrected chi connectivity index (χ2v) is 7.45. The molecule has 0 spiro atoms. The Morgan fingerprint density at radius 2 is 1.78 bits per heavy atom. The first-order chi connectivity index (χ1) is 11.0. The van der Waals surface area contributed by atoms with Crippen molar-refractivity contribution in [2.75, 3.05) is 5.32 Å². The highest BCUT2D eigenvalue weighted by atomic mass is 35.5. The predicted octanol–water partition coefficient (Wildman–Crippen LogP) is 3.03. The Kier molecular flexibility index (Phi) is 4.39. The Balaban J connectivity index is 1.86. The van der Waals surface area contributed by atoms with E-state index in [2.05, 4.69) is 10.0 Å². The molecule has 0 aliphatic heterocycles. The number of hydrogen-bond donors (Lipinski definition) is 2. The normalized spacial score (nSPS) is 14.5. The molecule has 5 nitrogen and oxygen atoms in total. The highest BCUT2D eigenvalue weighted by molar-refractivity contribution is 7.89. The standard InChI is InChI=1S/C16H15ClN2O3S/c17-14-9-6-11(16(20)18-12-4-2-1-3-5-12)10-15(14)23(21,22)19-13-7-8-13/h1-6,9-10,13,19H,7-8H2,(H,18,20). The molecule has 1 aliphatic carbocycles. The summed E-state index contributed by atoms with van der Waals surface area (Å²) in [5.74, 6) is -0.393. The monoisotopic (exact) mass is 350 g/mol. The van der Waals surface area contributed by atoms with Crippen molar-refractivity contribution in [2.45, 2.75) is 23.8 Å². The summed E-state index contributed by atoms with van der Waals surface area (Å²) in [6, 6.07) is 13.1. The van der Waals surface area contributed by atoms with Crippen LogP contribution in [-0.4, -0.2) is 20.4 Å². The Labute approximate surface area is 139 Å². The first kappa shape index (κ1) is 16.0. The maximum atomic E-state index is 12.3. The molecule has 120 valence electrons. The van der Waals surface area contributed by atoms with Gasteiger partial charge in [0.25, 0.3) is 5.91 Å². The van der Waals surface area contributed by atoms with Gasteiger partial charge in [0.15, 0.2) is 0 Å². The topological polar surface area (TPSA) is 75.3 Å². The summed E-state index contributed by atoms with van der Waals surface area (Å²) in [4.78, 5) is 12.2. The molecule has 0 bridgehead atoms. The third kappa shape index (κ3) is 3.90. The minimum atomic E-state index is -3.72. The third-order valence-electron chi connectivity index (χ3n) is 3.41. The molecule has 0 radical (unpaired) electrons. The SMILES string of the molecule is O=C(Nc1ccccc1)c1ccc(Cl)c(S(=O)(=O)NC2CC2)c1. The molecule has 2 N–H and O–H groups in total. The van der Waals surface area contributed by atoms with E-state index in [-0.39, 0.29) is 21.5 Å². The maximum Gasteiger partial charge on any atom is 0.255 e. The van der Waals surface area contributed by atoms with Gasteiger partial charge in [0.05, 0.1) is 5.02 Å². The van der Waals surface area contributed by atoms with Crippen LogP contribution in [0.25, 0.3) is 0 Å². The summed E-state index contributed by atoms with van der Waals surface area (Å²) in [5.41, 5.74) is 0.863. The van der Waals surface area contributed by atoms with Crippen LogP contribution in [0.4, 0.5) is 5.69 Å². The molecule has 0 atom stereocenters. The van der Waals surface area contributed by atoms with Crippen molar-refractivity contribution >= 4 is 33.2 Å². The van der Waals surface area contributed by atoms with Crippen LogP contribution in [0, 0.1) is 0 Å². The molecule has 1 aliphatic rings. The predicted molar refractivity (Wildman–Crippen MR) is 89.2 cm³/mol. The fourth-order valence-electron chi connectivity index (χ4n) is 2.06. The van der Waals surface area contributed by atoms with E-state index in [1.165, 1.54) is 18.2 Å². The molecule has 0 aromatic heterocycles. The second kappa shape index (κ2) is 6.31. The van der Waals surface area contributed by atoms with Crippen molar-refractivity contribution in [2.24, 2.45) is 0 Å². The number of para-hydroxylation sites is 1. The van der Waals surface area contributed by atoms with Gasteiger partial charge in [0.1, 0.15) is 4.90 Å². The fourth-order valence-corrected chi connectivity index (χ4v) is 3.89. The van der Waals surface area contributed by atoms with E-state index >= 15 is 0 Å². The van der Waals surface area contributed by atoms with E-state index in [1.54, 1.807) is 24.3 Å². The Hall–Kier alpha value is -1.89. The largest absolute Gasteiger partial charge is 0.322 e. The molecule has 0 saturated heterocycles. The van der Waals surface area contributed by atoms with E-state index in [1.807, 2.05) is 6.07 Å². The number of amides is 1. The molecule has 0 unspecified atom stereocenters. The molecule has 23 heavy (non-hydrogen) atoms. The van der Waals surface area contributed by atoms with Gasteiger partial charge in [-0.05, 0) is 43.2 Å². The molecule has 1 amide bonds. The number of benzene rings is 2. The van der Waals surface area contributed by atoms with Crippen molar-refractivity contribution in [3.8, 4) is 0 Å². The van der Waals surface area contributed by atoms with Crippen LogP contribution >= 0.6 is 11.6 Å². The highest BCUT2D eigenvalue weighted by Gasteiger charge is 2.29. The van der Waals surface area contributed by atoms with E-state index in [0.717, 1.165) is 12.8 Å². The quantitative estimate of drug-likeness (QED) is 0.870. The fraction of sp³-hybridized carbons (Fsp3) is 0.188. The van der Waals surface area contributed by atoms with Crippen LogP contribution in [0.15, 0.2) is 53.4 Å². The van der Waals surface area contributed by atoms with Crippen molar-refractivity contribution in [1.82, 2.24) is 4.72 Å². The summed E-state index contributed by atoms with van der Waals surface area (Å²) in [6.45, 7) is 0. The smallest absolute Gasteiger partial charge is 0.255 e. The molecule has 7 heteroatoms. The molecular formula is C16H15ClN2O3S. The molecule has 3 rings (SSSR count). The molecule has 1 fully saturated rings. The number of carbonyl (C=O) groups is 1. The minimum Gasteiger partial charge on any atom is -0.322 e. The first-order valence-electron chi connectivity index (χ1n) is 7.14. The summed E-state index contributed by atoms with van der Waals surface area (Å²) in [5, 5.41) is 2.80. The van der Waals surface area contributed by atoms with Crippen LogP contribution in [0.2, 0.25) is 5.02 Å². The Morgan fingerprint density at radius 3 is 2.43 bits per heavy atom. The highest BCUT2D eigenvalue weighted by Crippen LogP contribution is 2.27. The Morgan fingerprint density at radius 1 is 1.09 bits per heavy atom. The zero-order valence-electron chi connectivity index (χ0n) is 12.1. The molecule has 1 saturated carbocycles. The minimum absolute atomic E-state index is 0.0298. The lowest BCUT2D eigenvalue weighted by molar-refractivity contribution is 0.102. The first-order valence-corrected chi connectivity index (χ1v) is 9.00. The van der Waals surface area contributed by atoms with Crippen LogP contribution in [0.1, 0.15) is 23.2 Å². The van der Waals surface area contributed by atoms with Gasteiger partial charge in [0.2, 0.25) is 10.0 Å². The number of rotatable bonds is 5. The zero-order chi connectivity index (χ0) is 16.4. The molecule has 2 aromatic carbocycles. The van der Waals surface area contributed by atoms with Crippen molar-refractivity contribution < 1.29 is 13.2 Å². The number of halogens is 1. The number of nitrogens with one attached hydrogen (secondary N) is 2. The van der Waals surface area contributed by atoms with Crippen LogP contribution in [0.5, 0.6) is 0 Å². The van der Waals surface area contributed by atoms with E-state index < -0.39 is 15.9 Å². The van der Waals surface area contributed by atoms with Gasteiger partial charge in [-0.25, -0.2) is 13.1 Å². The van der Waals surface area contributed by atoms with Crippen LogP contribution < -0.4 is 10.0 Å². The van der Waals surface area contributed by atoms with Crippen molar-refractivity contribution in [3.63, 3.8) is 0 Å². The van der Waals surface area contributed by atoms with Gasteiger partial charge in [-0.2, -0.15) is 0 Å². The zero-order valence-corrected chi connectivity index (χ0v) is 13.7. The van der Waals surface area contributed by atoms with E-state index in [4.69, 9.17) is 11.6 Å². The summed E-state index contributed by atoms with van der Waals surface area (Å²) >= 11 is 6.00. The number of carbonyl (C=O) groups excluding carboxylic acids is 1. The van der Waals surface area contributed by atoms with Gasteiger partial charge < -0.3 is 5.32 Å². The van der Waals surface area contributed by atoms with Gasteiger partial charge in [-0.3, -0.25) is 4.79 Å². The molecule has 2 aromatic rings. The average molecular weight is 351 g/mol. The second-order valence-electron chi connectivity index (χ2n) is 5.36. The number of anilines is 1. The number of hydrogen-bond acceptors (Lipinski definition) is 3. The summed E-state index contributed by atoms with van der Waals surface area (Å²) < 4.78 is 27.2. The maximum absolute atomic E-state index is 12.3. The van der Waals surface area contributed by atoms with Crippen LogP contribution in [-0.2, 0) is 10.0 Å². The summed E-state index contributed by atoms with van der Waals surface area (Å²) in [6.07, 6.45) is 1.65. The molecular weight excluding hydrogens is 336 g/mol. The Bertz CT molecular complexity index is 834. The lowest BCUT2D eigenvalue weighted by Crippen LogP contribution is -2.26. The van der Waals surface area contributed by atoms with Gasteiger partial charge in [0, 0.05) is 17.3 Å². The number of sulfonamides is 1. The van der Waals surface area contributed by atoms with Crippen molar-refractivity contribution in [3.05, 3.63) is 59.1 Å². The van der Waals surface area contributed by atoms with Gasteiger partial charge >= 0.3 is 0 Å². The third-order valence-corrected chi connectivity index (χ3v) is 5.42. The van der Waals surface area contributed by atoms with Crippen LogP contribution in [0.3, 0.4) is 0 Å². The van der Waals surface area contributed by atoms with E-state index in [9.17, 15) is 13.2 Å².